The van der Waals surface area contributed by atoms with Crippen LogP contribution in [0.3, 0.4) is 0 Å². The van der Waals surface area contributed by atoms with Crippen LogP contribution in [0, 0.1) is 17.2 Å². The molecular formula is C14H15ClN2O2. The standard InChI is InChI=1S/C14H15ClN2O2/c1-19-14(18)11-3-2-6-17(9-11)13-7-12(15)5-4-10(13)8-16/h4-5,7,11H,2-3,6,9H2,1H3. The molecule has 19 heavy (non-hydrogen) atoms. The van der Waals surface area contributed by atoms with Crippen LogP contribution in [0.15, 0.2) is 18.2 Å². The number of carbonyl (C=O) groups excluding carboxylic acids is 1. The first kappa shape index (κ1) is 13.7. The lowest BCUT2D eigenvalue weighted by atomic mass is 9.97. The number of carbonyl (C=O) groups is 1. The molecule has 5 heteroatoms. The molecule has 1 aromatic carbocycles. The Balaban J connectivity index is 2.24. The average Bonchev–Trinajstić information content (AvgIpc) is 2.46. The molecule has 2 rings (SSSR count). The summed E-state index contributed by atoms with van der Waals surface area (Å²) in [6, 6.07) is 7.35. The molecule has 1 fully saturated rings. The normalized spacial score (nSPS) is 18.8. The van der Waals surface area contributed by atoms with E-state index in [4.69, 9.17) is 21.6 Å². The van der Waals surface area contributed by atoms with Crippen molar-refractivity contribution in [3.05, 3.63) is 28.8 Å². The van der Waals surface area contributed by atoms with Crippen LogP contribution in [0.25, 0.3) is 0 Å². The van der Waals surface area contributed by atoms with Crippen molar-refractivity contribution in [2.24, 2.45) is 5.92 Å². The molecule has 1 saturated heterocycles. The van der Waals surface area contributed by atoms with E-state index in [1.807, 2.05) is 4.90 Å². The summed E-state index contributed by atoms with van der Waals surface area (Å²) in [6.45, 7) is 1.39. The van der Waals surface area contributed by atoms with E-state index in [0.29, 0.717) is 17.1 Å². The number of halogens is 1. The van der Waals surface area contributed by atoms with Gasteiger partial charge in [-0.2, -0.15) is 5.26 Å². The van der Waals surface area contributed by atoms with Crippen molar-refractivity contribution in [2.45, 2.75) is 12.8 Å². The Hall–Kier alpha value is -1.73. The van der Waals surface area contributed by atoms with E-state index in [-0.39, 0.29) is 11.9 Å². The van der Waals surface area contributed by atoms with Gasteiger partial charge in [-0.1, -0.05) is 11.6 Å². The van der Waals surface area contributed by atoms with Crippen molar-refractivity contribution in [1.82, 2.24) is 0 Å². The second kappa shape index (κ2) is 5.94. The topological polar surface area (TPSA) is 53.3 Å². The maximum atomic E-state index is 11.6. The minimum Gasteiger partial charge on any atom is -0.469 e. The van der Waals surface area contributed by atoms with Gasteiger partial charge < -0.3 is 9.64 Å². The van der Waals surface area contributed by atoms with E-state index in [2.05, 4.69) is 6.07 Å². The van der Waals surface area contributed by atoms with Crippen LogP contribution in [0.2, 0.25) is 5.02 Å². The molecule has 1 aliphatic rings. The third-order valence-electron chi connectivity index (χ3n) is 3.38. The second-order valence-corrected chi connectivity index (χ2v) is 5.02. The quantitative estimate of drug-likeness (QED) is 0.780. The van der Waals surface area contributed by atoms with Crippen molar-refractivity contribution < 1.29 is 9.53 Å². The van der Waals surface area contributed by atoms with Gasteiger partial charge in [0, 0.05) is 18.1 Å². The highest BCUT2D eigenvalue weighted by Gasteiger charge is 2.27. The van der Waals surface area contributed by atoms with E-state index in [1.165, 1.54) is 7.11 Å². The first-order chi connectivity index (χ1) is 9.15. The highest BCUT2D eigenvalue weighted by Crippen LogP contribution is 2.29. The molecule has 0 aromatic heterocycles. The molecule has 0 bridgehead atoms. The number of esters is 1. The van der Waals surface area contributed by atoms with Gasteiger partial charge in [-0.15, -0.1) is 0 Å². The van der Waals surface area contributed by atoms with E-state index < -0.39 is 0 Å². The molecule has 1 heterocycles. The van der Waals surface area contributed by atoms with E-state index in [9.17, 15) is 4.79 Å². The molecule has 0 spiro atoms. The highest BCUT2D eigenvalue weighted by atomic mass is 35.5. The molecular weight excluding hydrogens is 264 g/mol. The number of hydrogen-bond acceptors (Lipinski definition) is 4. The third-order valence-corrected chi connectivity index (χ3v) is 3.61. The van der Waals surface area contributed by atoms with Gasteiger partial charge in [0.15, 0.2) is 0 Å². The van der Waals surface area contributed by atoms with E-state index >= 15 is 0 Å². The van der Waals surface area contributed by atoms with Gasteiger partial charge in [-0.05, 0) is 31.0 Å². The molecule has 100 valence electrons. The SMILES string of the molecule is COC(=O)C1CCCN(c2cc(Cl)ccc2C#N)C1. The lowest BCUT2D eigenvalue weighted by Crippen LogP contribution is -2.39. The summed E-state index contributed by atoms with van der Waals surface area (Å²) in [5, 5.41) is 9.74. The van der Waals surface area contributed by atoms with Crippen LogP contribution < -0.4 is 4.90 Å². The summed E-state index contributed by atoms with van der Waals surface area (Å²) in [4.78, 5) is 13.7. The summed E-state index contributed by atoms with van der Waals surface area (Å²) in [6.07, 6.45) is 1.72. The Morgan fingerprint density at radius 1 is 1.58 bits per heavy atom. The molecule has 0 N–H and O–H groups in total. The lowest BCUT2D eigenvalue weighted by molar-refractivity contribution is -0.145. The molecule has 1 aromatic rings. The van der Waals surface area contributed by atoms with E-state index in [1.54, 1.807) is 18.2 Å². The Kier molecular flexibility index (Phi) is 4.28. The number of anilines is 1. The molecule has 0 amide bonds. The highest BCUT2D eigenvalue weighted by molar-refractivity contribution is 6.30. The van der Waals surface area contributed by atoms with Crippen LogP contribution >= 0.6 is 11.6 Å². The van der Waals surface area contributed by atoms with Gasteiger partial charge in [-0.25, -0.2) is 0 Å². The van der Waals surface area contributed by atoms with Gasteiger partial charge in [0.1, 0.15) is 6.07 Å². The maximum Gasteiger partial charge on any atom is 0.310 e. The first-order valence-corrected chi connectivity index (χ1v) is 6.56. The number of methoxy groups -OCH3 is 1. The molecule has 0 aliphatic carbocycles. The smallest absolute Gasteiger partial charge is 0.310 e. The summed E-state index contributed by atoms with van der Waals surface area (Å²) >= 11 is 5.99. The number of rotatable bonds is 2. The van der Waals surface area contributed by atoms with E-state index in [0.717, 1.165) is 25.1 Å². The largest absolute Gasteiger partial charge is 0.469 e. The number of hydrogen-bond donors (Lipinski definition) is 0. The summed E-state index contributed by atoms with van der Waals surface area (Å²) in [5.74, 6) is -0.325. The zero-order valence-corrected chi connectivity index (χ0v) is 11.5. The minimum atomic E-state index is -0.190. The predicted octanol–water partition coefficient (Wildman–Crippen LogP) is 2.60. The zero-order chi connectivity index (χ0) is 13.8. The number of benzene rings is 1. The zero-order valence-electron chi connectivity index (χ0n) is 10.7. The molecule has 1 aliphatic heterocycles. The van der Waals surface area contributed by atoms with Gasteiger partial charge >= 0.3 is 5.97 Å². The van der Waals surface area contributed by atoms with Gasteiger partial charge in [-0.3, -0.25) is 4.79 Å². The number of piperidine rings is 1. The van der Waals surface area contributed by atoms with Crippen molar-refractivity contribution in [3.8, 4) is 6.07 Å². The summed E-state index contributed by atoms with van der Waals surface area (Å²) in [7, 11) is 1.40. The van der Waals surface area contributed by atoms with Crippen molar-refractivity contribution in [2.75, 3.05) is 25.1 Å². The van der Waals surface area contributed by atoms with Crippen molar-refractivity contribution >= 4 is 23.3 Å². The molecule has 0 saturated carbocycles. The number of nitriles is 1. The van der Waals surface area contributed by atoms with Gasteiger partial charge in [0.2, 0.25) is 0 Å². The number of ether oxygens (including phenoxy) is 1. The van der Waals surface area contributed by atoms with Crippen LogP contribution in [0.5, 0.6) is 0 Å². The minimum absolute atomic E-state index is 0.135. The molecule has 0 radical (unpaired) electrons. The molecule has 1 unspecified atom stereocenters. The Bertz CT molecular complexity index is 525. The average molecular weight is 279 g/mol. The fourth-order valence-corrected chi connectivity index (χ4v) is 2.58. The van der Waals surface area contributed by atoms with Crippen LogP contribution in [-0.2, 0) is 9.53 Å². The van der Waals surface area contributed by atoms with Crippen LogP contribution in [0.4, 0.5) is 5.69 Å². The third kappa shape index (κ3) is 2.99. The van der Waals surface area contributed by atoms with Gasteiger partial charge in [0.25, 0.3) is 0 Å². The maximum absolute atomic E-state index is 11.6. The Morgan fingerprint density at radius 2 is 2.37 bits per heavy atom. The lowest BCUT2D eigenvalue weighted by Gasteiger charge is -2.33. The number of nitrogens with zero attached hydrogens (tertiary/aromatic N) is 2. The second-order valence-electron chi connectivity index (χ2n) is 4.58. The monoisotopic (exact) mass is 278 g/mol. The summed E-state index contributed by atoms with van der Waals surface area (Å²) < 4.78 is 4.80. The fourth-order valence-electron chi connectivity index (χ4n) is 2.42. The van der Waals surface area contributed by atoms with Crippen LogP contribution in [0.1, 0.15) is 18.4 Å². The van der Waals surface area contributed by atoms with Crippen molar-refractivity contribution in [3.63, 3.8) is 0 Å². The first-order valence-electron chi connectivity index (χ1n) is 6.18. The van der Waals surface area contributed by atoms with Gasteiger partial charge in [0.05, 0.1) is 24.3 Å². The molecule has 4 nitrogen and oxygen atoms in total. The Labute approximate surface area is 117 Å². The molecule has 1 atom stereocenters. The van der Waals surface area contributed by atoms with Crippen LogP contribution in [-0.4, -0.2) is 26.2 Å². The Morgan fingerprint density at radius 3 is 3.05 bits per heavy atom. The van der Waals surface area contributed by atoms with Crippen molar-refractivity contribution in [1.29, 1.82) is 5.26 Å². The predicted molar refractivity (Wildman–Crippen MR) is 73.1 cm³/mol. The fraction of sp³-hybridized carbons (Fsp3) is 0.429. The summed E-state index contributed by atoms with van der Waals surface area (Å²) in [5.41, 5.74) is 1.37.